The highest BCUT2D eigenvalue weighted by molar-refractivity contribution is 4.88. The first kappa shape index (κ1) is 13.1. The van der Waals surface area contributed by atoms with Gasteiger partial charge in [0.05, 0.1) is 6.20 Å². The Morgan fingerprint density at radius 3 is 3.16 bits per heavy atom. The number of hydrogen-bond donors (Lipinski definition) is 1. The molecule has 0 amide bonds. The molecule has 0 bridgehead atoms. The van der Waals surface area contributed by atoms with Crippen LogP contribution in [0.1, 0.15) is 26.2 Å². The molecule has 106 valence electrons. The van der Waals surface area contributed by atoms with E-state index in [1.807, 2.05) is 10.9 Å². The first-order valence-electron chi connectivity index (χ1n) is 7.51. The molecule has 2 fully saturated rings. The predicted molar refractivity (Wildman–Crippen MR) is 74.8 cm³/mol. The van der Waals surface area contributed by atoms with Crippen molar-refractivity contribution >= 4 is 0 Å². The van der Waals surface area contributed by atoms with E-state index in [2.05, 4.69) is 27.5 Å². The van der Waals surface area contributed by atoms with Crippen molar-refractivity contribution in [2.24, 2.45) is 11.3 Å². The summed E-state index contributed by atoms with van der Waals surface area (Å²) in [4.78, 5) is 2.66. The van der Waals surface area contributed by atoms with Gasteiger partial charge in [-0.2, -0.15) is 0 Å². The number of likely N-dealkylation sites (tertiary alicyclic amines) is 1. The average Bonchev–Trinajstić information content (AvgIpc) is 3.02. The van der Waals surface area contributed by atoms with E-state index in [1.165, 1.54) is 52.0 Å². The lowest BCUT2D eigenvalue weighted by Crippen LogP contribution is -2.43. The number of hydrogen-bond acceptors (Lipinski definition) is 4. The number of nitrogens with zero attached hydrogens (tertiary/aromatic N) is 4. The van der Waals surface area contributed by atoms with Gasteiger partial charge in [-0.15, -0.1) is 5.10 Å². The summed E-state index contributed by atoms with van der Waals surface area (Å²) < 4.78 is 1.98. The van der Waals surface area contributed by atoms with Gasteiger partial charge >= 0.3 is 0 Å². The lowest BCUT2D eigenvalue weighted by atomic mass is 9.87. The van der Waals surface area contributed by atoms with Crippen LogP contribution in [-0.2, 0) is 6.54 Å². The lowest BCUT2D eigenvalue weighted by molar-refractivity contribution is 0.112. The predicted octanol–water partition coefficient (Wildman–Crippen LogP) is 0.990. The Hall–Kier alpha value is -0.940. The van der Waals surface area contributed by atoms with E-state index in [1.54, 1.807) is 6.20 Å². The van der Waals surface area contributed by atoms with Gasteiger partial charge in [0.2, 0.25) is 0 Å². The van der Waals surface area contributed by atoms with Crippen molar-refractivity contribution in [1.29, 1.82) is 0 Å². The summed E-state index contributed by atoms with van der Waals surface area (Å²) in [6, 6.07) is 0. The third-order valence-electron chi connectivity index (χ3n) is 4.58. The van der Waals surface area contributed by atoms with Crippen LogP contribution < -0.4 is 5.32 Å². The molecule has 5 nitrogen and oxygen atoms in total. The molecule has 1 aromatic rings. The van der Waals surface area contributed by atoms with Crippen LogP contribution in [0.2, 0.25) is 0 Å². The van der Waals surface area contributed by atoms with Gasteiger partial charge in [0.25, 0.3) is 0 Å². The normalized spacial score (nSPS) is 32.8. The van der Waals surface area contributed by atoms with E-state index in [0.717, 1.165) is 12.5 Å². The summed E-state index contributed by atoms with van der Waals surface area (Å²) in [5, 5.41) is 11.5. The van der Waals surface area contributed by atoms with Gasteiger partial charge in [-0.25, -0.2) is 0 Å². The summed E-state index contributed by atoms with van der Waals surface area (Å²) in [6.45, 7) is 9.54. The van der Waals surface area contributed by atoms with Crippen molar-refractivity contribution in [3.05, 3.63) is 12.4 Å². The summed E-state index contributed by atoms with van der Waals surface area (Å²) >= 11 is 0. The molecular formula is C14H25N5. The van der Waals surface area contributed by atoms with E-state index in [0.29, 0.717) is 5.41 Å². The van der Waals surface area contributed by atoms with Crippen molar-refractivity contribution in [3.8, 4) is 0 Å². The maximum atomic E-state index is 4.09. The topological polar surface area (TPSA) is 46.0 Å². The van der Waals surface area contributed by atoms with Gasteiger partial charge in [0, 0.05) is 32.4 Å². The van der Waals surface area contributed by atoms with Crippen LogP contribution in [0.4, 0.5) is 0 Å². The largest absolute Gasteiger partial charge is 0.316 e. The van der Waals surface area contributed by atoms with Crippen molar-refractivity contribution in [1.82, 2.24) is 25.2 Å². The molecule has 2 saturated heterocycles. The van der Waals surface area contributed by atoms with Crippen LogP contribution in [-0.4, -0.2) is 52.6 Å². The van der Waals surface area contributed by atoms with Gasteiger partial charge in [0.1, 0.15) is 0 Å². The van der Waals surface area contributed by atoms with Gasteiger partial charge in [-0.3, -0.25) is 4.68 Å². The highest BCUT2D eigenvalue weighted by Crippen LogP contribution is 2.28. The van der Waals surface area contributed by atoms with Crippen LogP contribution in [0, 0.1) is 11.3 Å². The lowest BCUT2D eigenvalue weighted by Gasteiger charge is -2.37. The summed E-state index contributed by atoms with van der Waals surface area (Å²) in [5.74, 6) is 0.730. The van der Waals surface area contributed by atoms with Crippen molar-refractivity contribution in [2.75, 3.05) is 32.7 Å². The molecule has 5 heteroatoms. The molecule has 2 aliphatic rings. The van der Waals surface area contributed by atoms with Gasteiger partial charge in [0.15, 0.2) is 0 Å². The fourth-order valence-electron chi connectivity index (χ4n) is 3.58. The SMILES string of the molecule is CC1(CN2CCCC(Cn3ccnn3)C2)CCNC1. The maximum Gasteiger partial charge on any atom is 0.0692 e. The minimum Gasteiger partial charge on any atom is -0.316 e. The second-order valence-corrected chi connectivity index (χ2v) is 6.61. The van der Waals surface area contributed by atoms with E-state index in [9.17, 15) is 0 Å². The van der Waals surface area contributed by atoms with Crippen LogP contribution in [0.3, 0.4) is 0 Å². The van der Waals surface area contributed by atoms with E-state index >= 15 is 0 Å². The first-order valence-corrected chi connectivity index (χ1v) is 7.51. The van der Waals surface area contributed by atoms with E-state index in [-0.39, 0.29) is 0 Å². The summed E-state index contributed by atoms with van der Waals surface area (Å²) in [5.41, 5.74) is 0.481. The molecule has 19 heavy (non-hydrogen) atoms. The third-order valence-corrected chi connectivity index (χ3v) is 4.58. The minimum absolute atomic E-state index is 0.481. The maximum absolute atomic E-state index is 4.09. The standard InChI is InChI=1S/C14H25N5/c1-14(4-5-15-11-14)12-18-7-2-3-13(9-18)10-19-8-6-16-17-19/h6,8,13,15H,2-5,7,9-12H2,1H3. The van der Waals surface area contributed by atoms with Crippen molar-refractivity contribution in [2.45, 2.75) is 32.7 Å². The van der Waals surface area contributed by atoms with Crippen molar-refractivity contribution < 1.29 is 0 Å². The Morgan fingerprint density at radius 1 is 1.47 bits per heavy atom. The molecule has 0 aliphatic carbocycles. The zero-order valence-corrected chi connectivity index (χ0v) is 11.9. The average molecular weight is 263 g/mol. The van der Waals surface area contributed by atoms with E-state index in [4.69, 9.17) is 0 Å². The van der Waals surface area contributed by atoms with Gasteiger partial charge in [-0.1, -0.05) is 12.1 Å². The molecule has 2 aliphatic heterocycles. The third kappa shape index (κ3) is 3.34. The van der Waals surface area contributed by atoms with Crippen LogP contribution in [0.25, 0.3) is 0 Å². The Labute approximate surface area is 115 Å². The molecule has 0 radical (unpaired) electrons. The number of aromatic nitrogens is 3. The van der Waals surface area contributed by atoms with Crippen LogP contribution >= 0.6 is 0 Å². The summed E-state index contributed by atoms with van der Waals surface area (Å²) in [7, 11) is 0. The van der Waals surface area contributed by atoms with Crippen LogP contribution in [0.5, 0.6) is 0 Å². The highest BCUT2D eigenvalue weighted by Gasteiger charge is 2.32. The zero-order valence-electron chi connectivity index (χ0n) is 11.9. The monoisotopic (exact) mass is 263 g/mol. The zero-order chi connectivity index (χ0) is 13.1. The number of piperidine rings is 1. The molecule has 0 aromatic carbocycles. The first-order chi connectivity index (χ1) is 9.23. The molecular weight excluding hydrogens is 238 g/mol. The number of rotatable bonds is 4. The smallest absolute Gasteiger partial charge is 0.0692 e. The molecule has 2 atom stereocenters. The summed E-state index contributed by atoms with van der Waals surface area (Å²) in [6.07, 6.45) is 7.71. The van der Waals surface area contributed by atoms with Gasteiger partial charge in [-0.05, 0) is 43.7 Å². The second kappa shape index (κ2) is 5.59. The molecule has 1 N–H and O–H groups in total. The molecule has 3 rings (SSSR count). The molecule has 2 unspecified atom stereocenters. The fourth-order valence-corrected chi connectivity index (χ4v) is 3.58. The highest BCUT2D eigenvalue weighted by atomic mass is 15.4. The Bertz CT molecular complexity index is 383. The Kier molecular flexibility index (Phi) is 3.84. The minimum atomic E-state index is 0.481. The van der Waals surface area contributed by atoms with E-state index < -0.39 is 0 Å². The molecule has 1 aromatic heterocycles. The molecule has 0 spiro atoms. The van der Waals surface area contributed by atoms with Crippen molar-refractivity contribution in [3.63, 3.8) is 0 Å². The fraction of sp³-hybridized carbons (Fsp3) is 0.857. The molecule has 0 saturated carbocycles. The van der Waals surface area contributed by atoms with Crippen LogP contribution in [0.15, 0.2) is 12.4 Å². The van der Waals surface area contributed by atoms with Gasteiger partial charge < -0.3 is 10.2 Å². The molecule has 3 heterocycles. The Balaban J connectivity index is 1.53. The second-order valence-electron chi connectivity index (χ2n) is 6.61. The number of nitrogens with one attached hydrogen (secondary N) is 1. The Morgan fingerprint density at radius 2 is 2.42 bits per heavy atom. The quantitative estimate of drug-likeness (QED) is 0.880.